The lowest BCUT2D eigenvalue weighted by molar-refractivity contribution is -0.361. The van der Waals surface area contributed by atoms with Crippen LogP contribution in [-0.2, 0) is 15.4 Å². The van der Waals surface area contributed by atoms with E-state index >= 15 is 0 Å². The molecule has 0 fully saturated rings. The predicted molar refractivity (Wildman–Crippen MR) is 49.0 cm³/mol. The molecule has 3 nitrogen and oxygen atoms in total. The van der Waals surface area contributed by atoms with Gasteiger partial charge in [-0.05, 0) is 6.92 Å². The molecule has 1 aromatic rings. The molecule has 1 atom stereocenters. The number of ether oxygens (including phenoxy) is 2. The number of methoxy groups -OCH3 is 1. The van der Waals surface area contributed by atoms with Crippen molar-refractivity contribution in [3.8, 4) is 0 Å². The Kier molecular flexibility index (Phi) is 3.42. The van der Waals surface area contributed by atoms with Crippen molar-refractivity contribution in [3.63, 3.8) is 0 Å². The predicted octanol–water partition coefficient (Wildman–Crippen LogP) is 1.47. The van der Waals surface area contributed by atoms with Crippen LogP contribution in [0.25, 0.3) is 0 Å². The third-order valence-electron chi connectivity index (χ3n) is 1.76. The van der Waals surface area contributed by atoms with Gasteiger partial charge >= 0.3 is 5.97 Å². The monoisotopic (exact) mass is 182 g/mol. The van der Waals surface area contributed by atoms with Crippen LogP contribution < -0.4 is 0 Å². The first-order valence-electron chi connectivity index (χ1n) is 4.20. The van der Waals surface area contributed by atoms with Gasteiger partial charge in [-0.2, -0.15) is 0 Å². The van der Waals surface area contributed by atoms with E-state index in [2.05, 4.69) is 0 Å². The largest absolute Gasteiger partial charge is 0.339 e. The lowest BCUT2D eigenvalue weighted by Crippen LogP contribution is -2.31. The first-order valence-corrected chi connectivity index (χ1v) is 4.20. The smallest absolute Gasteiger partial charge is 0.309 e. The van der Waals surface area contributed by atoms with E-state index in [1.807, 2.05) is 18.2 Å². The summed E-state index contributed by atoms with van der Waals surface area (Å²) in [6.07, 6.45) is 0. The number of benzene rings is 1. The normalized spacial score (nSPS) is 15.3. The maximum atomic E-state index is 9.85. The van der Waals surface area contributed by atoms with E-state index in [4.69, 9.17) is 9.47 Å². The fraction of sp³-hybridized carbons (Fsp3) is 0.400. The third-order valence-corrected chi connectivity index (χ3v) is 1.76. The molecule has 0 saturated carbocycles. The molecule has 0 aromatic heterocycles. The molecule has 72 valence electrons. The Morgan fingerprint density at radius 2 is 1.92 bits per heavy atom. The van der Waals surface area contributed by atoms with Gasteiger partial charge in [0.2, 0.25) is 0 Å². The molecule has 3 heteroatoms. The van der Waals surface area contributed by atoms with Crippen LogP contribution in [0.3, 0.4) is 0 Å². The van der Waals surface area contributed by atoms with E-state index in [-0.39, 0.29) is 0 Å². The second-order valence-electron chi connectivity index (χ2n) is 2.58. The third kappa shape index (κ3) is 2.28. The van der Waals surface area contributed by atoms with Crippen LogP contribution in [0.1, 0.15) is 12.5 Å². The molecule has 0 amide bonds. The molecule has 0 saturated heterocycles. The minimum absolute atomic E-state index is 0.388. The topological polar surface area (TPSA) is 38.7 Å². The summed E-state index contributed by atoms with van der Waals surface area (Å²) >= 11 is 0. The Bertz CT molecular complexity index is 248. The van der Waals surface area contributed by atoms with Crippen molar-refractivity contribution in [3.05, 3.63) is 35.9 Å². The van der Waals surface area contributed by atoms with E-state index in [1.165, 1.54) is 7.11 Å². The number of hydrogen-bond acceptors (Lipinski definition) is 3. The molecule has 0 aliphatic heterocycles. The molecule has 0 radical (unpaired) electrons. The standard InChI is InChI=1S/C10H14O3/c1-3-13-10(11,12-2)9-7-5-4-6-8-9/h4-8,11H,3H2,1-2H3. The Balaban J connectivity index is 2.89. The molecule has 0 bridgehead atoms. The van der Waals surface area contributed by atoms with Crippen LogP contribution in [0.2, 0.25) is 0 Å². The second kappa shape index (κ2) is 4.37. The van der Waals surface area contributed by atoms with Gasteiger partial charge in [0.25, 0.3) is 0 Å². The maximum absolute atomic E-state index is 9.85. The van der Waals surface area contributed by atoms with Crippen molar-refractivity contribution in [2.45, 2.75) is 12.9 Å². The zero-order valence-electron chi connectivity index (χ0n) is 7.86. The minimum Gasteiger partial charge on any atom is -0.339 e. The molecule has 0 aliphatic carbocycles. The van der Waals surface area contributed by atoms with Gasteiger partial charge in [0.05, 0.1) is 0 Å². The highest BCUT2D eigenvalue weighted by molar-refractivity contribution is 5.17. The summed E-state index contributed by atoms with van der Waals surface area (Å²) in [6, 6.07) is 9.00. The second-order valence-corrected chi connectivity index (χ2v) is 2.58. The average molecular weight is 182 g/mol. The fourth-order valence-electron chi connectivity index (χ4n) is 1.10. The highest BCUT2D eigenvalue weighted by atomic mass is 16.8. The molecule has 1 aromatic carbocycles. The van der Waals surface area contributed by atoms with Crippen LogP contribution >= 0.6 is 0 Å². The van der Waals surface area contributed by atoms with Crippen molar-refractivity contribution < 1.29 is 14.6 Å². The van der Waals surface area contributed by atoms with E-state index in [9.17, 15) is 5.11 Å². The van der Waals surface area contributed by atoms with Crippen molar-refractivity contribution in [2.24, 2.45) is 0 Å². The van der Waals surface area contributed by atoms with Gasteiger partial charge in [-0.15, -0.1) is 0 Å². The summed E-state index contributed by atoms with van der Waals surface area (Å²) in [5, 5.41) is 9.85. The Morgan fingerprint density at radius 3 is 2.38 bits per heavy atom. The lowest BCUT2D eigenvalue weighted by Gasteiger charge is -2.25. The molecule has 0 aliphatic rings. The summed E-state index contributed by atoms with van der Waals surface area (Å²) in [5.41, 5.74) is 0.597. The van der Waals surface area contributed by atoms with Gasteiger partial charge < -0.3 is 14.6 Å². The lowest BCUT2D eigenvalue weighted by atomic mass is 10.2. The summed E-state index contributed by atoms with van der Waals surface area (Å²) in [4.78, 5) is 0. The number of hydrogen-bond donors (Lipinski definition) is 1. The van der Waals surface area contributed by atoms with Gasteiger partial charge in [-0.25, -0.2) is 0 Å². The minimum atomic E-state index is -1.62. The SMILES string of the molecule is CCOC(O)(OC)c1ccccc1. The molecule has 1 unspecified atom stereocenters. The zero-order chi connectivity index (χ0) is 9.73. The molecule has 1 rings (SSSR count). The van der Waals surface area contributed by atoms with Gasteiger partial charge in [-0.3, -0.25) is 0 Å². The summed E-state index contributed by atoms with van der Waals surface area (Å²) in [6.45, 7) is 2.19. The average Bonchev–Trinajstić information content (AvgIpc) is 2.19. The number of aliphatic hydroxyl groups is 1. The van der Waals surface area contributed by atoms with E-state index in [0.29, 0.717) is 12.2 Å². The number of rotatable bonds is 4. The van der Waals surface area contributed by atoms with Crippen molar-refractivity contribution in [1.82, 2.24) is 0 Å². The van der Waals surface area contributed by atoms with Crippen molar-refractivity contribution in [1.29, 1.82) is 0 Å². The Hall–Kier alpha value is -0.900. The van der Waals surface area contributed by atoms with Gasteiger partial charge in [0.1, 0.15) is 0 Å². The quantitative estimate of drug-likeness (QED) is 0.717. The van der Waals surface area contributed by atoms with E-state index in [0.717, 1.165) is 0 Å². The molecular formula is C10H14O3. The van der Waals surface area contributed by atoms with E-state index < -0.39 is 5.97 Å². The first kappa shape index (κ1) is 10.2. The zero-order valence-corrected chi connectivity index (χ0v) is 7.86. The van der Waals surface area contributed by atoms with Gasteiger partial charge in [-0.1, -0.05) is 30.3 Å². The highest BCUT2D eigenvalue weighted by Crippen LogP contribution is 2.22. The summed E-state index contributed by atoms with van der Waals surface area (Å²) < 4.78 is 10.00. The maximum Gasteiger partial charge on any atom is 0.309 e. The van der Waals surface area contributed by atoms with Crippen LogP contribution in [0.15, 0.2) is 30.3 Å². The molecule has 1 N–H and O–H groups in total. The fourth-order valence-corrected chi connectivity index (χ4v) is 1.10. The molecule has 0 spiro atoms. The highest BCUT2D eigenvalue weighted by Gasteiger charge is 2.29. The molecular weight excluding hydrogens is 168 g/mol. The van der Waals surface area contributed by atoms with Gasteiger partial charge in [0.15, 0.2) is 0 Å². The molecule has 0 heterocycles. The van der Waals surface area contributed by atoms with Crippen molar-refractivity contribution in [2.75, 3.05) is 13.7 Å². The Morgan fingerprint density at radius 1 is 1.31 bits per heavy atom. The van der Waals surface area contributed by atoms with Crippen LogP contribution in [-0.4, -0.2) is 18.8 Å². The summed E-state index contributed by atoms with van der Waals surface area (Å²) in [5.74, 6) is -1.62. The van der Waals surface area contributed by atoms with E-state index in [1.54, 1.807) is 19.1 Å². The van der Waals surface area contributed by atoms with Gasteiger partial charge in [0, 0.05) is 19.3 Å². The van der Waals surface area contributed by atoms with Crippen molar-refractivity contribution >= 4 is 0 Å². The van der Waals surface area contributed by atoms with Crippen LogP contribution in [0.5, 0.6) is 0 Å². The van der Waals surface area contributed by atoms with Crippen LogP contribution in [0.4, 0.5) is 0 Å². The summed E-state index contributed by atoms with van der Waals surface area (Å²) in [7, 11) is 1.41. The molecule has 13 heavy (non-hydrogen) atoms. The first-order chi connectivity index (χ1) is 6.23. The van der Waals surface area contributed by atoms with Crippen LogP contribution in [0, 0.1) is 0 Å². The Labute approximate surface area is 77.9 Å².